The van der Waals surface area contributed by atoms with Crippen LogP contribution in [-0.2, 0) is 12.3 Å². The van der Waals surface area contributed by atoms with Crippen LogP contribution in [0.5, 0.6) is 11.5 Å². The Hall–Kier alpha value is -2.47. The molecule has 12 heteroatoms. The second-order valence-electron chi connectivity index (χ2n) is 5.47. The second kappa shape index (κ2) is 9.64. The summed E-state index contributed by atoms with van der Waals surface area (Å²) in [5, 5.41) is 19.0. The molecule has 28 heavy (non-hydrogen) atoms. The summed E-state index contributed by atoms with van der Waals surface area (Å²) in [6, 6.07) is 8.86. The number of hydrogen-bond acceptors (Lipinski definition) is 7. The smallest absolute Gasteiger partial charge is 0.292 e. The normalized spacial score (nSPS) is 10.4. The fraction of sp³-hybridized carbons (Fsp3) is 0.125. The Morgan fingerprint density at radius 1 is 1.29 bits per heavy atom. The highest BCUT2D eigenvalue weighted by molar-refractivity contribution is 8.13. The summed E-state index contributed by atoms with van der Waals surface area (Å²) in [4.78, 5) is 21.9. The van der Waals surface area contributed by atoms with E-state index in [1.165, 1.54) is 18.2 Å². The first-order valence-electron chi connectivity index (χ1n) is 7.63. The molecular formula is C16H16ClN5O4S2. The molecular weight excluding hydrogens is 426 g/mol. The van der Waals surface area contributed by atoms with E-state index in [4.69, 9.17) is 33.3 Å². The van der Waals surface area contributed by atoms with Gasteiger partial charge in [-0.25, -0.2) is 5.84 Å². The van der Waals surface area contributed by atoms with Gasteiger partial charge in [0.15, 0.2) is 5.17 Å². The minimum atomic E-state index is -0.675. The van der Waals surface area contributed by atoms with Crippen molar-refractivity contribution in [2.75, 3.05) is 0 Å². The number of amides is 1. The van der Waals surface area contributed by atoms with Gasteiger partial charge < -0.3 is 10.5 Å². The number of nitro benzene ring substituents is 1. The highest BCUT2D eigenvalue weighted by Gasteiger charge is 2.17. The predicted molar refractivity (Wildman–Crippen MR) is 112 cm³/mol. The van der Waals surface area contributed by atoms with Gasteiger partial charge in [-0.15, -0.1) is 0 Å². The lowest BCUT2D eigenvalue weighted by atomic mass is 10.1. The number of carbonyl (C=O) groups excluding carboxylic acids is 1. The molecule has 0 atom stereocenters. The molecule has 0 aliphatic rings. The van der Waals surface area contributed by atoms with E-state index in [0.717, 1.165) is 16.8 Å². The van der Waals surface area contributed by atoms with E-state index in [2.05, 4.69) is 12.6 Å². The van der Waals surface area contributed by atoms with Crippen LogP contribution in [0.3, 0.4) is 0 Å². The second-order valence-corrected chi connectivity index (χ2v) is 7.30. The number of halogens is 1. The number of rotatable bonds is 7. The number of hydrazine groups is 1. The maximum Gasteiger partial charge on any atom is 0.292 e. The van der Waals surface area contributed by atoms with Crippen molar-refractivity contribution in [3.63, 3.8) is 0 Å². The average molecular weight is 442 g/mol. The molecule has 9 nitrogen and oxygen atoms in total. The SMILES string of the molecule is N=C(N)SCc1ccc(Cl)cc1Oc1cc([N+](=O)[O-])ccc1CN(N)C(=O)S. The zero-order valence-corrected chi connectivity index (χ0v) is 16.8. The number of carbonyl (C=O) groups is 1. The summed E-state index contributed by atoms with van der Waals surface area (Å²) >= 11 is 10.8. The molecule has 2 aromatic rings. The molecule has 2 aromatic carbocycles. The quantitative estimate of drug-likeness (QED) is 0.0967. The third-order valence-electron chi connectivity index (χ3n) is 3.48. The number of amidine groups is 1. The molecule has 0 fully saturated rings. The number of thiol groups is 1. The van der Waals surface area contributed by atoms with Crippen molar-refractivity contribution in [3.8, 4) is 11.5 Å². The topological polar surface area (TPSA) is 149 Å². The predicted octanol–water partition coefficient (Wildman–Crippen LogP) is 3.89. The monoisotopic (exact) mass is 441 g/mol. The van der Waals surface area contributed by atoms with Crippen LogP contribution in [-0.4, -0.2) is 20.3 Å². The Balaban J connectivity index is 2.44. The average Bonchev–Trinajstić information content (AvgIpc) is 2.62. The first-order chi connectivity index (χ1) is 13.2. The van der Waals surface area contributed by atoms with Gasteiger partial charge in [0, 0.05) is 28.0 Å². The zero-order chi connectivity index (χ0) is 20.8. The van der Waals surface area contributed by atoms with E-state index in [0.29, 0.717) is 27.7 Å². The first kappa shape index (κ1) is 21.8. The number of ether oxygens (including phenoxy) is 1. The van der Waals surface area contributed by atoms with Crippen LogP contribution in [0.4, 0.5) is 10.5 Å². The number of benzene rings is 2. The number of nitro groups is 1. The van der Waals surface area contributed by atoms with Gasteiger partial charge in [0.25, 0.3) is 10.9 Å². The molecule has 0 heterocycles. The van der Waals surface area contributed by atoms with Gasteiger partial charge in [-0.05, 0) is 18.2 Å². The number of thioether (sulfide) groups is 1. The van der Waals surface area contributed by atoms with Crippen molar-refractivity contribution in [1.29, 1.82) is 5.41 Å². The van der Waals surface area contributed by atoms with E-state index in [9.17, 15) is 14.9 Å². The molecule has 5 N–H and O–H groups in total. The number of nitrogens with zero attached hydrogens (tertiary/aromatic N) is 2. The first-order valence-corrected chi connectivity index (χ1v) is 9.44. The fourth-order valence-electron chi connectivity index (χ4n) is 2.15. The molecule has 0 aromatic heterocycles. The van der Waals surface area contributed by atoms with Crippen LogP contribution < -0.4 is 16.3 Å². The van der Waals surface area contributed by atoms with Crippen molar-refractivity contribution < 1.29 is 14.5 Å². The summed E-state index contributed by atoms with van der Waals surface area (Å²) in [5.41, 5.74) is 6.29. The van der Waals surface area contributed by atoms with Gasteiger partial charge in [-0.1, -0.05) is 42.1 Å². The highest BCUT2D eigenvalue weighted by atomic mass is 35.5. The summed E-state index contributed by atoms with van der Waals surface area (Å²) in [6.07, 6.45) is 0. The van der Waals surface area contributed by atoms with Crippen LogP contribution in [0.25, 0.3) is 0 Å². The fourth-order valence-corrected chi connectivity index (χ4v) is 2.93. The third-order valence-corrected chi connectivity index (χ3v) is 4.74. The number of non-ortho nitro benzene ring substituents is 1. The van der Waals surface area contributed by atoms with Crippen molar-refractivity contribution in [2.24, 2.45) is 11.6 Å². The lowest BCUT2D eigenvalue weighted by Crippen LogP contribution is -2.32. The molecule has 2 rings (SSSR count). The Labute approximate surface area is 175 Å². The third kappa shape index (κ3) is 6.02. The summed E-state index contributed by atoms with van der Waals surface area (Å²) in [5.74, 6) is 6.41. The van der Waals surface area contributed by atoms with Gasteiger partial charge >= 0.3 is 0 Å². The number of hydrogen-bond donors (Lipinski definition) is 4. The maximum atomic E-state index is 11.3. The molecule has 0 radical (unpaired) electrons. The standard InChI is InChI=1S/C16H16ClN5O4S2/c17-11-3-1-10(8-28-15(18)19)13(5-11)26-14-6-12(22(24)25)4-2-9(14)7-21(20)16(23)27/h1-6H,7-8,20H2,(H3,18,19)(H,23,27). The zero-order valence-electron chi connectivity index (χ0n) is 14.3. The van der Waals surface area contributed by atoms with E-state index < -0.39 is 10.2 Å². The van der Waals surface area contributed by atoms with Gasteiger partial charge in [-0.3, -0.25) is 25.3 Å². The molecule has 1 amide bonds. The van der Waals surface area contributed by atoms with Crippen LogP contribution in [0, 0.1) is 15.5 Å². The summed E-state index contributed by atoms with van der Waals surface area (Å²) < 4.78 is 5.89. The van der Waals surface area contributed by atoms with Crippen LogP contribution in [0.2, 0.25) is 5.02 Å². The van der Waals surface area contributed by atoms with Crippen LogP contribution in [0.1, 0.15) is 11.1 Å². The van der Waals surface area contributed by atoms with E-state index >= 15 is 0 Å². The molecule has 148 valence electrons. The van der Waals surface area contributed by atoms with E-state index in [-0.39, 0.29) is 23.1 Å². The molecule has 0 saturated carbocycles. The van der Waals surface area contributed by atoms with Crippen molar-refractivity contribution in [2.45, 2.75) is 12.3 Å². The minimum absolute atomic E-state index is 0.0667. The van der Waals surface area contributed by atoms with Crippen LogP contribution >= 0.6 is 36.0 Å². The van der Waals surface area contributed by atoms with E-state index in [1.54, 1.807) is 18.2 Å². The molecule has 0 saturated heterocycles. The largest absolute Gasteiger partial charge is 0.456 e. The lowest BCUT2D eigenvalue weighted by molar-refractivity contribution is -0.384. The number of nitrogens with two attached hydrogens (primary N) is 2. The highest BCUT2D eigenvalue weighted by Crippen LogP contribution is 2.34. The van der Waals surface area contributed by atoms with Crippen molar-refractivity contribution in [1.82, 2.24) is 5.01 Å². The Morgan fingerprint density at radius 3 is 2.54 bits per heavy atom. The lowest BCUT2D eigenvalue weighted by Gasteiger charge is -2.18. The van der Waals surface area contributed by atoms with Crippen molar-refractivity contribution in [3.05, 3.63) is 62.7 Å². The Kier molecular flexibility index (Phi) is 7.52. The molecule has 0 aliphatic heterocycles. The minimum Gasteiger partial charge on any atom is -0.456 e. The molecule has 0 aliphatic carbocycles. The number of nitrogens with one attached hydrogen (secondary N) is 1. The van der Waals surface area contributed by atoms with Gasteiger partial charge in [0.1, 0.15) is 11.5 Å². The Bertz CT molecular complexity index is 928. The maximum absolute atomic E-state index is 11.3. The van der Waals surface area contributed by atoms with E-state index in [1.807, 2.05) is 0 Å². The molecule has 0 bridgehead atoms. The molecule has 0 spiro atoms. The van der Waals surface area contributed by atoms with Gasteiger partial charge in [-0.2, -0.15) is 0 Å². The Morgan fingerprint density at radius 2 is 1.93 bits per heavy atom. The summed E-state index contributed by atoms with van der Waals surface area (Å²) in [7, 11) is 0. The summed E-state index contributed by atoms with van der Waals surface area (Å²) in [6.45, 7) is -0.0756. The van der Waals surface area contributed by atoms with Crippen LogP contribution in [0.15, 0.2) is 36.4 Å². The van der Waals surface area contributed by atoms with Crippen molar-refractivity contribution >= 4 is 52.1 Å². The van der Waals surface area contributed by atoms with Gasteiger partial charge in [0.2, 0.25) is 0 Å². The molecule has 0 unspecified atom stereocenters. The van der Waals surface area contributed by atoms with Gasteiger partial charge in [0.05, 0.1) is 17.5 Å².